The number of nitro groups is 1. The quantitative estimate of drug-likeness (QED) is 0.460. The Hall–Kier alpha value is -2.05. The van der Waals surface area contributed by atoms with Crippen molar-refractivity contribution < 1.29 is 17.7 Å². The predicted octanol–water partition coefficient (Wildman–Crippen LogP) is 1.27. The third-order valence-corrected chi connectivity index (χ3v) is 4.28. The van der Waals surface area contributed by atoms with Gasteiger partial charge in [-0.15, -0.1) is 0 Å². The summed E-state index contributed by atoms with van der Waals surface area (Å²) in [5.74, 6) is -1.10. The highest BCUT2D eigenvalue weighted by molar-refractivity contribution is 7.89. The number of halogens is 1. The number of nitro benzene ring substituents is 1. The normalized spacial score (nSPS) is 11.3. The first kappa shape index (κ1) is 15.0. The van der Waals surface area contributed by atoms with E-state index in [1.807, 2.05) is 0 Å². The van der Waals surface area contributed by atoms with E-state index in [4.69, 9.17) is 5.26 Å². The van der Waals surface area contributed by atoms with Crippen LogP contribution in [-0.2, 0) is 10.0 Å². The fraction of sp³-hybridized carbons (Fsp3) is 0.300. The zero-order chi connectivity index (χ0) is 14.6. The molecule has 0 saturated carbocycles. The van der Waals surface area contributed by atoms with Crippen molar-refractivity contribution in [2.75, 3.05) is 13.1 Å². The molecule has 1 aromatic carbocycles. The van der Waals surface area contributed by atoms with Crippen LogP contribution in [0.3, 0.4) is 0 Å². The Kier molecular flexibility index (Phi) is 4.52. The molecule has 0 atom stereocenters. The van der Waals surface area contributed by atoms with E-state index in [9.17, 15) is 22.9 Å². The number of rotatable bonds is 5. The molecular formula is C10H10FN3O4S. The highest BCUT2D eigenvalue weighted by atomic mass is 32.2. The van der Waals surface area contributed by atoms with Crippen LogP contribution >= 0.6 is 0 Å². The van der Waals surface area contributed by atoms with Crippen LogP contribution in [0.2, 0.25) is 0 Å². The van der Waals surface area contributed by atoms with E-state index in [0.717, 1.165) is 10.4 Å². The minimum Gasteiger partial charge on any atom is -0.258 e. The number of sulfonamides is 1. The molecule has 1 rings (SSSR count). The van der Waals surface area contributed by atoms with Gasteiger partial charge in [0.2, 0.25) is 10.0 Å². The van der Waals surface area contributed by atoms with Gasteiger partial charge in [0.1, 0.15) is 17.3 Å². The lowest BCUT2D eigenvalue weighted by Gasteiger charge is -2.17. The van der Waals surface area contributed by atoms with Gasteiger partial charge in [-0.05, 0) is 6.07 Å². The van der Waals surface area contributed by atoms with Gasteiger partial charge in [-0.2, -0.15) is 9.57 Å². The molecule has 0 bridgehead atoms. The summed E-state index contributed by atoms with van der Waals surface area (Å²) in [5, 5.41) is 19.1. The lowest BCUT2D eigenvalue weighted by atomic mass is 10.3. The number of nitrogens with zero attached hydrogens (tertiary/aromatic N) is 3. The van der Waals surface area contributed by atoms with Crippen LogP contribution < -0.4 is 0 Å². The molecule has 0 radical (unpaired) electrons. The number of nitriles is 1. The van der Waals surface area contributed by atoms with Crippen molar-refractivity contribution in [2.45, 2.75) is 11.8 Å². The van der Waals surface area contributed by atoms with Crippen LogP contribution in [0.5, 0.6) is 0 Å². The first-order valence-corrected chi connectivity index (χ1v) is 6.59. The second-order valence-corrected chi connectivity index (χ2v) is 5.37. The average Bonchev–Trinajstić information content (AvgIpc) is 2.35. The molecule has 0 heterocycles. The third-order valence-electron chi connectivity index (χ3n) is 2.34. The molecule has 7 nitrogen and oxygen atoms in total. The van der Waals surface area contributed by atoms with Crippen LogP contribution in [0.25, 0.3) is 0 Å². The summed E-state index contributed by atoms with van der Waals surface area (Å²) in [6.07, 6.45) is 0. The Morgan fingerprint density at radius 1 is 1.53 bits per heavy atom. The molecule has 102 valence electrons. The molecular weight excluding hydrogens is 277 g/mol. The second-order valence-electron chi connectivity index (χ2n) is 3.46. The summed E-state index contributed by atoms with van der Waals surface area (Å²) in [7, 11) is -4.27. The SMILES string of the molecule is CCN(CC#N)S(=O)(=O)c1cc([N+](=O)[O-])ccc1F. The molecule has 0 aromatic heterocycles. The van der Waals surface area contributed by atoms with E-state index >= 15 is 0 Å². The van der Waals surface area contributed by atoms with Gasteiger partial charge in [0.05, 0.1) is 11.0 Å². The van der Waals surface area contributed by atoms with Crippen molar-refractivity contribution in [3.63, 3.8) is 0 Å². The highest BCUT2D eigenvalue weighted by Gasteiger charge is 2.28. The summed E-state index contributed by atoms with van der Waals surface area (Å²) in [6.45, 7) is 0.975. The summed E-state index contributed by atoms with van der Waals surface area (Å²) < 4.78 is 38.4. The maximum atomic E-state index is 13.6. The van der Waals surface area contributed by atoms with Gasteiger partial charge in [0.15, 0.2) is 0 Å². The minimum atomic E-state index is -4.27. The fourth-order valence-corrected chi connectivity index (χ4v) is 2.82. The molecule has 9 heteroatoms. The first-order valence-electron chi connectivity index (χ1n) is 5.15. The molecule has 0 saturated heterocycles. The van der Waals surface area contributed by atoms with E-state index in [1.165, 1.54) is 6.92 Å². The van der Waals surface area contributed by atoms with Gasteiger partial charge in [-0.1, -0.05) is 6.92 Å². The summed E-state index contributed by atoms with van der Waals surface area (Å²) >= 11 is 0. The van der Waals surface area contributed by atoms with Crippen molar-refractivity contribution >= 4 is 15.7 Å². The zero-order valence-electron chi connectivity index (χ0n) is 9.91. The minimum absolute atomic E-state index is 0.0436. The van der Waals surface area contributed by atoms with Crippen LogP contribution in [0.4, 0.5) is 10.1 Å². The van der Waals surface area contributed by atoms with Gasteiger partial charge in [0, 0.05) is 18.7 Å². The predicted molar refractivity (Wildman–Crippen MR) is 63.1 cm³/mol. The van der Waals surface area contributed by atoms with E-state index in [0.29, 0.717) is 12.1 Å². The molecule has 0 aliphatic heterocycles. The number of hydrogen-bond acceptors (Lipinski definition) is 5. The summed E-state index contributed by atoms with van der Waals surface area (Å²) in [6, 6.07) is 3.87. The molecule has 0 N–H and O–H groups in total. The van der Waals surface area contributed by atoms with Crippen LogP contribution in [-0.4, -0.2) is 30.7 Å². The van der Waals surface area contributed by atoms with E-state index in [2.05, 4.69) is 0 Å². The van der Waals surface area contributed by atoms with Crippen LogP contribution in [0.1, 0.15) is 6.92 Å². The van der Waals surface area contributed by atoms with Gasteiger partial charge in [0.25, 0.3) is 5.69 Å². The molecule has 0 amide bonds. The smallest absolute Gasteiger partial charge is 0.258 e. The summed E-state index contributed by atoms with van der Waals surface area (Å²) in [4.78, 5) is 8.95. The average molecular weight is 287 g/mol. The Morgan fingerprint density at radius 3 is 2.63 bits per heavy atom. The molecule has 0 fully saturated rings. The van der Waals surface area contributed by atoms with E-state index in [-0.39, 0.29) is 6.54 Å². The number of non-ortho nitro benzene ring substituents is 1. The fourth-order valence-electron chi connectivity index (χ4n) is 1.39. The topological polar surface area (TPSA) is 104 Å². The van der Waals surface area contributed by atoms with E-state index < -0.39 is 37.9 Å². The van der Waals surface area contributed by atoms with Crippen molar-refractivity contribution in [2.24, 2.45) is 0 Å². The number of hydrogen-bond donors (Lipinski definition) is 0. The third kappa shape index (κ3) is 3.04. The molecule has 0 spiro atoms. The standard InChI is InChI=1S/C10H10FN3O4S/c1-2-13(6-5-12)19(17,18)10-7-8(14(15)16)3-4-9(10)11/h3-4,7H,2,6H2,1H3. The van der Waals surface area contributed by atoms with Crippen molar-refractivity contribution in [3.05, 3.63) is 34.1 Å². The Balaban J connectivity index is 3.39. The van der Waals surface area contributed by atoms with Crippen LogP contribution in [0.15, 0.2) is 23.1 Å². The monoisotopic (exact) mass is 287 g/mol. The van der Waals surface area contributed by atoms with E-state index in [1.54, 1.807) is 6.07 Å². The Bertz CT molecular complexity index is 639. The zero-order valence-corrected chi connectivity index (χ0v) is 10.7. The second kappa shape index (κ2) is 5.73. The van der Waals surface area contributed by atoms with Crippen molar-refractivity contribution in [1.29, 1.82) is 5.26 Å². The first-order chi connectivity index (χ1) is 8.84. The number of benzene rings is 1. The van der Waals surface area contributed by atoms with Gasteiger partial charge >= 0.3 is 0 Å². The van der Waals surface area contributed by atoms with Gasteiger partial charge in [-0.3, -0.25) is 10.1 Å². The largest absolute Gasteiger partial charge is 0.270 e. The molecule has 0 aliphatic rings. The van der Waals surface area contributed by atoms with Crippen molar-refractivity contribution in [3.8, 4) is 6.07 Å². The molecule has 1 aromatic rings. The highest BCUT2D eigenvalue weighted by Crippen LogP contribution is 2.23. The van der Waals surface area contributed by atoms with Crippen molar-refractivity contribution in [1.82, 2.24) is 4.31 Å². The Morgan fingerprint density at radius 2 is 2.16 bits per heavy atom. The molecule has 0 aliphatic carbocycles. The van der Waals surface area contributed by atoms with Crippen LogP contribution in [0, 0.1) is 27.3 Å². The summed E-state index contributed by atoms with van der Waals surface area (Å²) in [5.41, 5.74) is -0.534. The Labute approximate surface area is 109 Å². The maximum absolute atomic E-state index is 13.6. The van der Waals surface area contributed by atoms with Gasteiger partial charge in [-0.25, -0.2) is 12.8 Å². The van der Waals surface area contributed by atoms with Gasteiger partial charge < -0.3 is 0 Å². The molecule has 0 unspecified atom stereocenters. The maximum Gasteiger partial charge on any atom is 0.270 e. The molecule has 19 heavy (non-hydrogen) atoms. The lowest BCUT2D eigenvalue weighted by molar-refractivity contribution is -0.385. The lowest BCUT2D eigenvalue weighted by Crippen LogP contribution is -2.31.